The van der Waals surface area contributed by atoms with Gasteiger partial charge in [-0.2, -0.15) is 0 Å². The number of carbonyl (C=O) groups excluding carboxylic acids is 3. The van der Waals surface area contributed by atoms with Crippen LogP contribution >= 0.6 is 0 Å². The van der Waals surface area contributed by atoms with Crippen LogP contribution in [0.3, 0.4) is 0 Å². The molecular formula is C55H99NO12Si2. The van der Waals surface area contributed by atoms with Crippen LogP contribution in [0.4, 0.5) is 0 Å². The molecule has 2 bridgehead atoms. The second-order valence-electron chi connectivity index (χ2n) is 25.0. The Balaban J connectivity index is 1.87. The summed E-state index contributed by atoms with van der Waals surface area (Å²) >= 11 is 0. The highest BCUT2D eigenvalue weighted by Crippen LogP contribution is 2.44. The largest absolute Gasteiger partial charge is 0.456 e. The van der Waals surface area contributed by atoms with Crippen LogP contribution in [0, 0.1) is 29.6 Å². The van der Waals surface area contributed by atoms with E-state index >= 15 is 4.79 Å². The van der Waals surface area contributed by atoms with Crippen LogP contribution in [0.1, 0.15) is 154 Å². The highest BCUT2D eigenvalue weighted by molar-refractivity contribution is 6.74. The monoisotopic (exact) mass is 1020 g/mol. The van der Waals surface area contributed by atoms with Crippen LogP contribution in [-0.4, -0.2) is 138 Å². The average Bonchev–Trinajstić information content (AvgIpc) is 3.27. The first kappa shape index (κ1) is 60.8. The number of piperidine rings is 1. The normalized spacial score (nSPS) is 37.7. The Morgan fingerprint density at radius 1 is 0.814 bits per heavy atom. The number of cyclic esters (lactones) is 1. The zero-order chi connectivity index (χ0) is 52.9. The molecule has 0 radical (unpaired) electrons. The Labute approximate surface area is 426 Å². The number of ketones is 1. The summed E-state index contributed by atoms with van der Waals surface area (Å²) in [4.78, 5) is 45.5. The van der Waals surface area contributed by atoms with E-state index in [1.54, 1.807) is 28.3 Å². The lowest BCUT2D eigenvalue weighted by atomic mass is 9.81. The second-order valence-corrected chi connectivity index (χ2v) is 34.6. The summed E-state index contributed by atoms with van der Waals surface area (Å²) in [7, 11) is 0.336. The average molecular weight is 1020 g/mol. The highest BCUT2D eigenvalue weighted by atomic mass is 28.4. The maximum Gasteiger partial charge on any atom is 0.329 e. The Bertz CT molecular complexity index is 1810. The Kier molecular flexibility index (Phi) is 21.4. The van der Waals surface area contributed by atoms with E-state index in [0.29, 0.717) is 38.5 Å². The predicted molar refractivity (Wildman–Crippen MR) is 281 cm³/mol. The van der Waals surface area contributed by atoms with Crippen molar-refractivity contribution in [1.82, 2.24) is 4.90 Å². The number of amides is 1. The lowest BCUT2D eigenvalue weighted by Gasteiger charge is -2.47. The summed E-state index contributed by atoms with van der Waals surface area (Å²) in [5.41, 5.74) is 1.97. The number of nitrogens with zero attached hydrogens (tertiary/aromatic N) is 1. The van der Waals surface area contributed by atoms with Gasteiger partial charge in [-0.05, 0) is 138 Å². The molecule has 0 aromatic heterocycles. The van der Waals surface area contributed by atoms with Gasteiger partial charge in [0.1, 0.15) is 18.2 Å². The van der Waals surface area contributed by atoms with Gasteiger partial charge in [0.05, 0.1) is 36.6 Å². The van der Waals surface area contributed by atoms with Crippen molar-refractivity contribution in [2.45, 2.75) is 251 Å². The quantitative estimate of drug-likeness (QED) is 0.0925. The Morgan fingerprint density at radius 3 is 1.94 bits per heavy atom. The third-order valence-corrected chi connectivity index (χ3v) is 26.5. The van der Waals surface area contributed by atoms with Gasteiger partial charge in [0.15, 0.2) is 16.6 Å². The van der Waals surface area contributed by atoms with Crippen molar-refractivity contribution >= 4 is 34.3 Å². The van der Waals surface area contributed by atoms with Gasteiger partial charge < -0.3 is 47.6 Å². The number of Topliss-reactive ketones (excluding diaryl/α,β-unsaturated/α-hetero) is 1. The molecule has 13 nitrogen and oxygen atoms in total. The number of hydrogen-bond donors (Lipinski definition) is 2. The number of esters is 1. The molecule has 2 saturated heterocycles. The molecule has 70 heavy (non-hydrogen) atoms. The van der Waals surface area contributed by atoms with Crippen LogP contribution in [0.5, 0.6) is 0 Å². The molecule has 4 rings (SSSR count). The minimum atomic E-state index is -2.49. The summed E-state index contributed by atoms with van der Waals surface area (Å²) < 4.78 is 45.5. The van der Waals surface area contributed by atoms with Crippen LogP contribution in [0.15, 0.2) is 23.3 Å². The summed E-state index contributed by atoms with van der Waals surface area (Å²) in [6, 6.07) is -1.08. The second kappa shape index (κ2) is 24.7. The van der Waals surface area contributed by atoms with Crippen LogP contribution in [0.2, 0.25) is 36.3 Å². The van der Waals surface area contributed by atoms with Crippen molar-refractivity contribution in [2.75, 3.05) is 27.9 Å². The zero-order valence-corrected chi connectivity index (χ0v) is 49.1. The third-order valence-electron chi connectivity index (χ3n) is 17.5. The SMILES string of the molecule is CC[C@@H]1/C=C(\C)C[C@H](C)C[C@H](OC)[C@H]2O[C@@](O)(C(=O)C(=O)N3CCCC[C@H]3C(=O)O[C@H](/C(C)=C/[C@@H]3CC[C@@H](O[Si](C)(C)C(C)(C)C)[C@H](OC)C3)[C@H](C)[C@@H](O[Si](C)(C)C(C)(C)C)C[C@H]1O)[C@H](C)C[C@@H]2OC. The van der Waals surface area contributed by atoms with Crippen LogP contribution in [-0.2, 0) is 46.9 Å². The van der Waals surface area contributed by atoms with E-state index in [9.17, 15) is 19.8 Å². The van der Waals surface area contributed by atoms with Crippen molar-refractivity contribution in [3.05, 3.63) is 23.3 Å². The number of aliphatic hydroxyl groups is 2. The zero-order valence-electron chi connectivity index (χ0n) is 47.1. The van der Waals surface area contributed by atoms with Crippen molar-refractivity contribution in [3.63, 3.8) is 0 Å². The third kappa shape index (κ3) is 14.5. The maximum absolute atomic E-state index is 15.0. The van der Waals surface area contributed by atoms with E-state index in [1.165, 1.54) is 4.90 Å². The summed E-state index contributed by atoms with van der Waals surface area (Å²) in [5, 5.41) is 24.6. The van der Waals surface area contributed by atoms with E-state index in [4.69, 9.17) is 32.5 Å². The van der Waals surface area contributed by atoms with Gasteiger partial charge in [0.25, 0.3) is 11.7 Å². The van der Waals surface area contributed by atoms with Crippen molar-refractivity contribution < 1.29 is 57.1 Å². The molecule has 3 fully saturated rings. The highest BCUT2D eigenvalue weighted by Gasteiger charge is 2.57. The number of aliphatic hydroxyl groups excluding tert-OH is 1. The van der Waals surface area contributed by atoms with Crippen LogP contribution in [0.25, 0.3) is 0 Å². The molecule has 4 aliphatic rings. The predicted octanol–water partition coefficient (Wildman–Crippen LogP) is 10.3. The van der Waals surface area contributed by atoms with Gasteiger partial charge in [0, 0.05) is 45.6 Å². The molecular weight excluding hydrogens is 923 g/mol. The van der Waals surface area contributed by atoms with Crippen molar-refractivity contribution in [3.8, 4) is 0 Å². The molecule has 0 aromatic carbocycles. The standard InChI is InChI=1S/C55H99NO12Si2/c1-20-40-28-34(2)27-35(3)29-46(63-14)49-47(64-15)31-37(5)55(61,66-49)50(58)51(59)56-26-22-21-23-41(56)52(60)65-48(38(6)44(33-42(40)57)68-70(18,19)54(10,11)12)36(4)30-39-24-25-43(45(32-39)62-13)67-69(16,17)53(7,8)9/h28,30,35,37-49,57,61H,20-27,29,31-33H2,1-19H3/b34-28+,36-30+/t35-,37+,38+,39-,40+,41-,42+,43+,44-,45+,46-,47-,48+,49+,55+/m0/s1. The van der Waals surface area contributed by atoms with E-state index in [-0.39, 0.29) is 59.4 Å². The van der Waals surface area contributed by atoms with E-state index in [2.05, 4.69) is 108 Å². The first-order chi connectivity index (χ1) is 32.4. The minimum Gasteiger partial charge on any atom is -0.456 e. The molecule has 2 N–H and O–H groups in total. The Morgan fingerprint density at radius 2 is 1.39 bits per heavy atom. The van der Waals surface area contributed by atoms with Crippen molar-refractivity contribution in [2.24, 2.45) is 29.6 Å². The molecule has 1 amide bonds. The molecule has 15 atom stereocenters. The smallest absolute Gasteiger partial charge is 0.329 e. The van der Waals surface area contributed by atoms with E-state index in [1.807, 2.05) is 6.92 Å². The van der Waals surface area contributed by atoms with E-state index < -0.39 is 94.6 Å². The summed E-state index contributed by atoms with van der Waals surface area (Å²) in [6.45, 7) is 34.5. The Hall–Kier alpha value is -1.80. The van der Waals surface area contributed by atoms with Gasteiger partial charge in [0.2, 0.25) is 5.79 Å². The number of methoxy groups -OCH3 is 3. The molecule has 3 aliphatic heterocycles. The minimum absolute atomic E-state index is 0.0238. The number of carbonyl (C=O) groups is 3. The molecule has 1 aliphatic carbocycles. The number of rotatable bonds is 10. The summed E-state index contributed by atoms with van der Waals surface area (Å²) in [5.74, 6) is -6.42. The van der Waals surface area contributed by atoms with Gasteiger partial charge in [-0.1, -0.05) is 87.0 Å². The fourth-order valence-corrected chi connectivity index (χ4v) is 13.7. The number of fused-ring (bicyclic) bond motifs is 3. The summed E-state index contributed by atoms with van der Waals surface area (Å²) in [6.07, 6.45) is 6.66. The lowest BCUT2D eigenvalue weighted by molar-refractivity contribution is -0.302. The van der Waals surface area contributed by atoms with Crippen LogP contribution < -0.4 is 0 Å². The maximum atomic E-state index is 15.0. The van der Waals surface area contributed by atoms with Gasteiger partial charge >= 0.3 is 5.97 Å². The first-order valence-electron chi connectivity index (χ1n) is 26.8. The van der Waals surface area contributed by atoms with Gasteiger partial charge in [-0.25, -0.2) is 4.79 Å². The molecule has 3 heterocycles. The van der Waals surface area contributed by atoms with Gasteiger partial charge in [-0.15, -0.1) is 0 Å². The lowest BCUT2D eigenvalue weighted by Crippen LogP contribution is -2.64. The fraction of sp³-hybridized carbons (Fsp3) is 0.873. The van der Waals surface area contributed by atoms with Crippen molar-refractivity contribution in [1.29, 1.82) is 0 Å². The molecule has 0 aromatic rings. The molecule has 0 unspecified atom stereocenters. The van der Waals surface area contributed by atoms with E-state index in [0.717, 1.165) is 30.4 Å². The molecule has 1 saturated carbocycles. The fourth-order valence-electron chi connectivity index (χ4n) is 10.9. The van der Waals surface area contributed by atoms with Gasteiger partial charge in [-0.3, -0.25) is 9.59 Å². The number of hydrogen-bond acceptors (Lipinski definition) is 12. The number of ether oxygens (including phenoxy) is 5. The number of allylic oxidation sites excluding steroid dienone is 2. The molecule has 0 spiro atoms. The topological polar surface area (TPSA) is 160 Å². The first-order valence-corrected chi connectivity index (χ1v) is 32.6. The molecule has 15 heteroatoms. The molecule has 404 valence electrons.